The summed E-state index contributed by atoms with van der Waals surface area (Å²) in [6.07, 6.45) is -0.0102. The average molecular weight is 541 g/mol. The Labute approximate surface area is 227 Å². The number of hydrogen-bond acceptors (Lipinski definition) is 6. The summed E-state index contributed by atoms with van der Waals surface area (Å²) in [5, 5.41) is 26.3. The lowest BCUT2D eigenvalue weighted by Gasteiger charge is -2.26. The van der Waals surface area contributed by atoms with Gasteiger partial charge in [0.1, 0.15) is 18.1 Å². The molecule has 2 rings (SSSR count). The molecule has 0 spiro atoms. The highest BCUT2D eigenvalue weighted by atomic mass is 16.4. The first-order valence-electron chi connectivity index (χ1n) is 12.7. The van der Waals surface area contributed by atoms with Crippen LogP contribution in [0.25, 0.3) is 0 Å². The normalized spacial score (nSPS) is 14.6. The third kappa shape index (κ3) is 10.2. The molecular weight excluding hydrogens is 504 g/mol. The number of carbonyl (C=O) groups excluding carboxylic acids is 3. The number of carbonyl (C=O) groups is 5. The van der Waals surface area contributed by atoms with Crippen molar-refractivity contribution in [2.24, 2.45) is 11.7 Å². The molecule has 11 nitrogen and oxygen atoms in total. The Morgan fingerprint density at radius 3 is 1.59 bits per heavy atom. The molecule has 11 heteroatoms. The zero-order valence-corrected chi connectivity index (χ0v) is 22.0. The maximum absolute atomic E-state index is 13.5. The van der Waals surface area contributed by atoms with Crippen LogP contribution in [0.5, 0.6) is 0 Å². The lowest BCUT2D eigenvalue weighted by Crippen LogP contribution is -2.58. The van der Waals surface area contributed by atoms with Gasteiger partial charge in [0.05, 0.1) is 12.5 Å². The molecule has 0 heterocycles. The van der Waals surface area contributed by atoms with Gasteiger partial charge < -0.3 is 31.9 Å². The van der Waals surface area contributed by atoms with Gasteiger partial charge in [-0.05, 0) is 17.0 Å². The number of carboxylic acid groups (broad SMARTS) is 2. The lowest BCUT2D eigenvalue weighted by atomic mass is 9.97. The van der Waals surface area contributed by atoms with Gasteiger partial charge in [0.2, 0.25) is 17.7 Å². The Hall–Kier alpha value is -4.25. The van der Waals surface area contributed by atoms with Crippen LogP contribution < -0.4 is 21.7 Å². The quantitative estimate of drug-likeness (QED) is 0.192. The Bertz CT molecular complexity index is 1130. The molecule has 0 saturated carbocycles. The summed E-state index contributed by atoms with van der Waals surface area (Å²) in [5.41, 5.74) is 7.12. The van der Waals surface area contributed by atoms with E-state index in [-0.39, 0.29) is 18.8 Å². The van der Waals surface area contributed by atoms with E-state index in [9.17, 15) is 29.1 Å². The van der Waals surface area contributed by atoms with Crippen LogP contribution in [0.1, 0.15) is 37.8 Å². The minimum absolute atomic E-state index is 0.0441. The third-order valence-electron chi connectivity index (χ3n) is 6.34. The minimum Gasteiger partial charge on any atom is -0.481 e. The molecule has 0 fully saturated rings. The number of carboxylic acids is 2. The van der Waals surface area contributed by atoms with Crippen LogP contribution in [0.2, 0.25) is 0 Å². The van der Waals surface area contributed by atoms with Crippen LogP contribution in [0.3, 0.4) is 0 Å². The van der Waals surface area contributed by atoms with Gasteiger partial charge in [-0.25, -0.2) is 4.79 Å². The molecular formula is C28H36N4O7. The number of nitrogens with one attached hydrogen (secondary N) is 3. The van der Waals surface area contributed by atoms with Crippen LogP contribution >= 0.6 is 0 Å². The van der Waals surface area contributed by atoms with Gasteiger partial charge in [-0.3, -0.25) is 19.2 Å². The fraction of sp³-hybridized carbons (Fsp3) is 0.393. The van der Waals surface area contributed by atoms with Crippen LogP contribution in [0, 0.1) is 5.92 Å². The van der Waals surface area contributed by atoms with Gasteiger partial charge in [-0.15, -0.1) is 0 Å². The third-order valence-corrected chi connectivity index (χ3v) is 6.34. The molecule has 0 saturated heterocycles. The zero-order chi connectivity index (χ0) is 28.9. The molecule has 0 aromatic heterocycles. The van der Waals surface area contributed by atoms with E-state index in [4.69, 9.17) is 10.8 Å². The summed E-state index contributed by atoms with van der Waals surface area (Å²) in [6.45, 7) is 3.51. The van der Waals surface area contributed by atoms with E-state index in [1.165, 1.54) is 0 Å². The molecule has 3 amide bonds. The molecule has 210 valence electrons. The topological polar surface area (TPSA) is 188 Å². The Kier molecular flexibility index (Phi) is 12.1. The van der Waals surface area contributed by atoms with Crippen LogP contribution in [0.15, 0.2) is 60.7 Å². The van der Waals surface area contributed by atoms with E-state index in [0.717, 1.165) is 5.56 Å². The Balaban J connectivity index is 2.32. The number of amides is 3. The Morgan fingerprint density at radius 1 is 0.744 bits per heavy atom. The highest BCUT2D eigenvalue weighted by Gasteiger charge is 2.32. The fourth-order valence-electron chi connectivity index (χ4n) is 3.89. The highest BCUT2D eigenvalue weighted by Crippen LogP contribution is 2.11. The van der Waals surface area contributed by atoms with Gasteiger partial charge in [-0.2, -0.15) is 0 Å². The summed E-state index contributed by atoms with van der Waals surface area (Å²) in [5.74, 6) is -5.05. The van der Waals surface area contributed by atoms with Gasteiger partial charge >= 0.3 is 11.9 Å². The first-order valence-corrected chi connectivity index (χ1v) is 12.7. The van der Waals surface area contributed by atoms with Crippen LogP contribution in [0.4, 0.5) is 0 Å². The molecule has 0 aliphatic carbocycles. The molecule has 5 unspecified atom stereocenters. The largest absolute Gasteiger partial charge is 0.481 e. The van der Waals surface area contributed by atoms with Crippen molar-refractivity contribution in [2.45, 2.75) is 63.7 Å². The summed E-state index contributed by atoms with van der Waals surface area (Å²) in [6, 6.07) is 12.8. The minimum atomic E-state index is -1.39. The molecule has 2 aromatic carbocycles. The van der Waals surface area contributed by atoms with Crippen molar-refractivity contribution in [3.05, 3.63) is 71.8 Å². The van der Waals surface area contributed by atoms with Gasteiger partial charge in [0.15, 0.2) is 0 Å². The molecule has 7 N–H and O–H groups in total. The van der Waals surface area contributed by atoms with Crippen molar-refractivity contribution in [3.63, 3.8) is 0 Å². The molecule has 0 bridgehead atoms. The second kappa shape index (κ2) is 15.2. The van der Waals surface area contributed by atoms with Crippen molar-refractivity contribution in [3.8, 4) is 0 Å². The van der Waals surface area contributed by atoms with Gasteiger partial charge in [-0.1, -0.05) is 80.9 Å². The molecule has 0 aliphatic heterocycles. The maximum atomic E-state index is 13.5. The zero-order valence-electron chi connectivity index (χ0n) is 22.0. The van der Waals surface area contributed by atoms with E-state index in [1.807, 2.05) is 6.92 Å². The van der Waals surface area contributed by atoms with E-state index >= 15 is 0 Å². The van der Waals surface area contributed by atoms with Crippen molar-refractivity contribution in [2.75, 3.05) is 0 Å². The first-order chi connectivity index (χ1) is 18.5. The Morgan fingerprint density at radius 2 is 1.18 bits per heavy atom. The second-order valence-electron chi connectivity index (χ2n) is 9.42. The number of hydrogen-bond donors (Lipinski definition) is 6. The lowest BCUT2D eigenvalue weighted by molar-refractivity contribution is -0.143. The average Bonchev–Trinajstić information content (AvgIpc) is 2.90. The number of benzene rings is 2. The smallest absolute Gasteiger partial charge is 0.326 e. The van der Waals surface area contributed by atoms with E-state index < -0.39 is 60.2 Å². The van der Waals surface area contributed by atoms with Crippen LogP contribution in [-0.4, -0.2) is 64.0 Å². The monoisotopic (exact) mass is 540 g/mol. The fourth-order valence-corrected chi connectivity index (χ4v) is 3.89. The van der Waals surface area contributed by atoms with Crippen LogP contribution in [-0.2, 0) is 36.8 Å². The van der Waals surface area contributed by atoms with E-state index in [1.54, 1.807) is 67.6 Å². The van der Waals surface area contributed by atoms with Crippen molar-refractivity contribution in [1.82, 2.24) is 16.0 Å². The van der Waals surface area contributed by atoms with Crippen molar-refractivity contribution < 1.29 is 34.2 Å². The summed E-state index contributed by atoms with van der Waals surface area (Å²) >= 11 is 0. The summed E-state index contributed by atoms with van der Waals surface area (Å²) in [7, 11) is 0. The predicted molar refractivity (Wildman–Crippen MR) is 143 cm³/mol. The number of rotatable bonds is 15. The summed E-state index contributed by atoms with van der Waals surface area (Å²) in [4.78, 5) is 62.2. The second-order valence-corrected chi connectivity index (χ2v) is 9.42. The standard InChI is InChI=1S/C28H36N4O7/c1-3-17(2)24(28(38)39)32-27(37)22(15-19-12-8-5-9-13-19)31-26(36)21(14-18-10-6-4-7-11-18)30-25(35)20(29)16-23(33)34/h4-13,17,20-22,24H,3,14-16,29H2,1-2H3,(H,30,35)(H,31,36)(H,32,37)(H,33,34)(H,38,39). The number of aliphatic carboxylic acids is 2. The van der Waals surface area contributed by atoms with E-state index in [0.29, 0.717) is 12.0 Å². The molecule has 5 atom stereocenters. The van der Waals surface area contributed by atoms with Gasteiger partial charge in [0.25, 0.3) is 0 Å². The highest BCUT2D eigenvalue weighted by molar-refractivity contribution is 5.95. The summed E-state index contributed by atoms with van der Waals surface area (Å²) < 4.78 is 0. The molecule has 0 radical (unpaired) electrons. The SMILES string of the molecule is CCC(C)C(NC(=O)C(Cc1ccccc1)NC(=O)C(Cc1ccccc1)NC(=O)C(N)CC(=O)O)C(=O)O. The first kappa shape index (κ1) is 31.0. The predicted octanol–water partition coefficient (Wildman–Crippen LogP) is 0.859. The molecule has 39 heavy (non-hydrogen) atoms. The molecule has 0 aliphatic rings. The van der Waals surface area contributed by atoms with Gasteiger partial charge in [0, 0.05) is 12.8 Å². The maximum Gasteiger partial charge on any atom is 0.326 e. The van der Waals surface area contributed by atoms with Crippen molar-refractivity contribution >= 4 is 29.7 Å². The van der Waals surface area contributed by atoms with Crippen molar-refractivity contribution in [1.29, 1.82) is 0 Å². The molecule has 2 aromatic rings. The van der Waals surface area contributed by atoms with E-state index in [2.05, 4.69) is 16.0 Å². The number of nitrogens with two attached hydrogens (primary N) is 1.